The van der Waals surface area contributed by atoms with E-state index in [1.165, 1.54) is 4.57 Å². The molecule has 6 nitrogen and oxygen atoms in total. The maximum absolute atomic E-state index is 12.5. The first-order valence-corrected chi connectivity index (χ1v) is 7.34. The lowest BCUT2D eigenvalue weighted by Crippen LogP contribution is -2.46. The lowest BCUT2D eigenvalue weighted by molar-refractivity contribution is 0.0736. The minimum Gasteiger partial charge on any atom is -0.408 e. The summed E-state index contributed by atoms with van der Waals surface area (Å²) in [6, 6.07) is 5.12. The van der Waals surface area contributed by atoms with Gasteiger partial charge in [-0.1, -0.05) is 12.2 Å². The molecule has 2 heterocycles. The number of carbonyl (C=O) groups is 1. The summed E-state index contributed by atoms with van der Waals surface area (Å²) in [6.45, 7) is 9.06. The number of rotatable bonds is 3. The third-order valence-electron chi connectivity index (χ3n) is 3.75. The molecule has 22 heavy (non-hydrogen) atoms. The van der Waals surface area contributed by atoms with Crippen LogP contribution in [-0.4, -0.2) is 41.6 Å². The van der Waals surface area contributed by atoms with E-state index in [1.54, 1.807) is 18.2 Å². The van der Waals surface area contributed by atoms with E-state index in [4.69, 9.17) is 4.42 Å². The molecule has 0 unspecified atom stereocenters. The van der Waals surface area contributed by atoms with Gasteiger partial charge in [0.1, 0.15) is 0 Å². The largest absolute Gasteiger partial charge is 0.420 e. The number of piperazine rings is 1. The SMILES string of the molecule is C=C(C)Cn1c(=O)oc2ccc(C(=O)N3CCNCC3)cc21. The molecule has 1 aliphatic heterocycles. The number of carbonyl (C=O) groups excluding carboxylic acids is 1. The van der Waals surface area contributed by atoms with Gasteiger partial charge in [0.05, 0.1) is 5.52 Å². The number of hydrogen-bond donors (Lipinski definition) is 1. The third-order valence-corrected chi connectivity index (χ3v) is 3.75. The summed E-state index contributed by atoms with van der Waals surface area (Å²) in [7, 11) is 0. The second-order valence-electron chi connectivity index (χ2n) is 5.64. The van der Waals surface area contributed by atoms with E-state index in [9.17, 15) is 9.59 Å². The first kappa shape index (κ1) is 14.6. The fourth-order valence-corrected chi connectivity index (χ4v) is 2.67. The molecule has 0 aliphatic carbocycles. The lowest BCUT2D eigenvalue weighted by Gasteiger charge is -2.27. The molecule has 0 atom stereocenters. The molecule has 116 valence electrons. The molecule has 0 spiro atoms. The van der Waals surface area contributed by atoms with Crippen LogP contribution in [0.5, 0.6) is 0 Å². The zero-order valence-corrected chi connectivity index (χ0v) is 12.6. The predicted octanol–water partition coefficient (Wildman–Crippen LogP) is 1.22. The molecule has 1 aliphatic rings. The van der Waals surface area contributed by atoms with Crippen LogP contribution in [-0.2, 0) is 6.54 Å². The molecule has 1 amide bonds. The van der Waals surface area contributed by atoms with Crippen LogP contribution in [0, 0.1) is 0 Å². The Morgan fingerprint density at radius 3 is 2.77 bits per heavy atom. The fraction of sp³-hybridized carbons (Fsp3) is 0.375. The highest BCUT2D eigenvalue weighted by atomic mass is 16.4. The molecule has 2 aromatic rings. The second kappa shape index (κ2) is 5.81. The molecule has 0 bridgehead atoms. The normalized spacial score (nSPS) is 15.2. The van der Waals surface area contributed by atoms with Gasteiger partial charge < -0.3 is 14.6 Å². The van der Waals surface area contributed by atoms with Crippen LogP contribution in [0.1, 0.15) is 17.3 Å². The van der Waals surface area contributed by atoms with Gasteiger partial charge >= 0.3 is 5.76 Å². The van der Waals surface area contributed by atoms with E-state index in [0.29, 0.717) is 36.3 Å². The molecule has 6 heteroatoms. The monoisotopic (exact) mass is 301 g/mol. The second-order valence-corrected chi connectivity index (χ2v) is 5.64. The first-order valence-electron chi connectivity index (χ1n) is 7.34. The van der Waals surface area contributed by atoms with Crippen molar-refractivity contribution < 1.29 is 9.21 Å². The highest BCUT2D eigenvalue weighted by molar-refractivity contribution is 5.97. The number of hydrogen-bond acceptors (Lipinski definition) is 4. The van der Waals surface area contributed by atoms with Crippen LogP contribution in [0.2, 0.25) is 0 Å². The molecule has 1 N–H and O–H groups in total. The van der Waals surface area contributed by atoms with Gasteiger partial charge in [-0.15, -0.1) is 0 Å². The predicted molar refractivity (Wildman–Crippen MR) is 84.1 cm³/mol. The van der Waals surface area contributed by atoms with Crippen molar-refractivity contribution in [1.29, 1.82) is 0 Å². The summed E-state index contributed by atoms with van der Waals surface area (Å²) in [4.78, 5) is 26.3. The number of oxazole rings is 1. The Balaban J connectivity index is 1.99. The van der Waals surface area contributed by atoms with E-state index >= 15 is 0 Å². The Kier molecular flexibility index (Phi) is 3.85. The van der Waals surface area contributed by atoms with E-state index in [0.717, 1.165) is 18.7 Å². The zero-order valence-electron chi connectivity index (χ0n) is 12.6. The lowest BCUT2D eigenvalue weighted by atomic mass is 10.1. The van der Waals surface area contributed by atoms with Crippen molar-refractivity contribution in [2.75, 3.05) is 26.2 Å². The molecule has 1 fully saturated rings. The Labute approximate surface area is 128 Å². The van der Waals surface area contributed by atoms with Gasteiger partial charge in [-0.3, -0.25) is 9.36 Å². The van der Waals surface area contributed by atoms with Crippen molar-refractivity contribution in [2.24, 2.45) is 0 Å². The van der Waals surface area contributed by atoms with Crippen LogP contribution >= 0.6 is 0 Å². The van der Waals surface area contributed by atoms with Crippen LogP contribution < -0.4 is 11.1 Å². The van der Waals surface area contributed by atoms with Crippen LogP contribution in [0.25, 0.3) is 11.1 Å². The van der Waals surface area contributed by atoms with Gasteiger partial charge in [0.25, 0.3) is 5.91 Å². The van der Waals surface area contributed by atoms with Crippen molar-refractivity contribution >= 4 is 17.0 Å². The number of nitrogens with zero attached hydrogens (tertiary/aromatic N) is 2. The fourth-order valence-electron chi connectivity index (χ4n) is 2.67. The quantitative estimate of drug-likeness (QED) is 0.866. The first-order chi connectivity index (χ1) is 10.6. The summed E-state index contributed by atoms with van der Waals surface area (Å²) in [6.07, 6.45) is 0. The summed E-state index contributed by atoms with van der Waals surface area (Å²) >= 11 is 0. The van der Waals surface area contributed by atoms with Gasteiger partial charge in [0.15, 0.2) is 5.58 Å². The zero-order chi connectivity index (χ0) is 15.7. The molecular weight excluding hydrogens is 282 g/mol. The average Bonchev–Trinajstić information content (AvgIpc) is 2.82. The van der Waals surface area contributed by atoms with Gasteiger partial charge in [-0.25, -0.2) is 4.79 Å². The maximum atomic E-state index is 12.5. The van der Waals surface area contributed by atoms with Gasteiger partial charge in [-0.2, -0.15) is 0 Å². The minimum absolute atomic E-state index is 0.0149. The minimum atomic E-state index is -0.426. The van der Waals surface area contributed by atoms with Crippen LogP contribution in [0.15, 0.2) is 39.6 Å². The highest BCUT2D eigenvalue weighted by Crippen LogP contribution is 2.17. The number of allylic oxidation sites excluding steroid dienone is 1. The van der Waals surface area contributed by atoms with E-state index < -0.39 is 5.76 Å². The number of aromatic nitrogens is 1. The number of nitrogens with one attached hydrogen (secondary N) is 1. The number of fused-ring (bicyclic) bond motifs is 1. The average molecular weight is 301 g/mol. The van der Waals surface area contributed by atoms with E-state index in [1.807, 2.05) is 11.8 Å². The van der Waals surface area contributed by atoms with E-state index in [-0.39, 0.29) is 5.91 Å². The van der Waals surface area contributed by atoms with Crippen LogP contribution in [0.4, 0.5) is 0 Å². The number of benzene rings is 1. The molecule has 0 radical (unpaired) electrons. The van der Waals surface area contributed by atoms with Crippen molar-refractivity contribution in [3.8, 4) is 0 Å². The van der Waals surface area contributed by atoms with Gasteiger partial charge in [0.2, 0.25) is 0 Å². The highest BCUT2D eigenvalue weighted by Gasteiger charge is 2.19. The van der Waals surface area contributed by atoms with Crippen molar-refractivity contribution in [3.05, 3.63) is 46.5 Å². The summed E-state index contributed by atoms with van der Waals surface area (Å²) in [5.74, 6) is -0.441. The van der Waals surface area contributed by atoms with Gasteiger partial charge in [0, 0.05) is 38.3 Å². The van der Waals surface area contributed by atoms with Gasteiger partial charge in [-0.05, 0) is 25.1 Å². The maximum Gasteiger partial charge on any atom is 0.420 e. The summed E-state index contributed by atoms with van der Waals surface area (Å²) in [5.41, 5.74) is 2.55. The third kappa shape index (κ3) is 2.69. The standard InChI is InChI=1S/C16H19N3O3/c1-11(2)10-19-13-9-12(3-4-14(13)22-16(19)21)15(20)18-7-5-17-6-8-18/h3-4,9,17H,1,5-8,10H2,2H3. The molecular formula is C16H19N3O3. The molecule has 0 saturated carbocycles. The summed E-state index contributed by atoms with van der Waals surface area (Å²) < 4.78 is 6.72. The molecule has 1 aromatic heterocycles. The van der Waals surface area contributed by atoms with Crippen molar-refractivity contribution in [3.63, 3.8) is 0 Å². The Hall–Kier alpha value is -2.34. The van der Waals surface area contributed by atoms with Crippen LogP contribution in [0.3, 0.4) is 0 Å². The Bertz CT molecular complexity index is 782. The Morgan fingerprint density at radius 1 is 1.36 bits per heavy atom. The van der Waals surface area contributed by atoms with E-state index in [2.05, 4.69) is 11.9 Å². The summed E-state index contributed by atoms with van der Waals surface area (Å²) in [5, 5.41) is 3.22. The molecule has 3 rings (SSSR count). The van der Waals surface area contributed by atoms with Crippen molar-refractivity contribution in [1.82, 2.24) is 14.8 Å². The number of amides is 1. The molecule has 1 aromatic carbocycles. The smallest absolute Gasteiger partial charge is 0.408 e. The topological polar surface area (TPSA) is 67.5 Å². The molecule has 1 saturated heterocycles. The van der Waals surface area contributed by atoms with Crippen molar-refractivity contribution in [2.45, 2.75) is 13.5 Å². The Morgan fingerprint density at radius 2 is 2.09 bits per heavy atom.